The molecule has 8 nitrogen and oxygen atoms in total. The molecule has 5 heterocycles. The zero-order valence-electron chi connectivity index (χ0n) is 18.4. The van der Waals surface area contributed by atoms with Crippen molar-refractivity contribution in [2.75, 3.05) is 31.1 Å². The van der Waals surface area contributed by atoms with Crippen LogP contribution in [0.1, 0.15) is 12.8 Å². The predicted molar refractivity (Wildman–Crippen MR) is 127 cm³/mol. The molecule has 0 aliphatic carbocycles. The van der Waals surface area contributed by atoms with Gasteiger partial charge in [-0.3, -0.25) is 15.3 Å². The Morgan fingerprint density at radius 3 is 2.67 bits per heavy atom. The first kappa shape index (κ1) is 20.1. The number of piperidine rings is 1. The van der Waals surface area contributed by atoms with Gasteiger partial charge in [-0.05, 0) is 55.0 Å². The van der Waals surface area contributed by atoms with E-state index in [4.69, 9.17) is 9.72 Å². The number of imidazole rings is 1. The Balaban J connectivity index is 1.27. The highest BCUT2D eigenvalue weighted by molar-refractivity contribution is 5.59. The molecule has 2 aliphatic rings. The van der Waals surface area contributed by atoms with Crippen molar-refractivity contribution < 1.29 is 4.74 Å². The maximum absolute atomic E-state index is 6.02. The number of pyridine rings is 1. The Morgan fingerprint density at radius 2 is 1.79 bits per heavy atom. The first-order valence-corrected chi connectivity index (χ1v) is 11.6. The summed E-state index contributed by atoms with van der Waals surface area (Å²) in [4.78, 5) is 16.5. The Bertz CT molecular complexity index is 1240. The number of para-hydroxylation sites is 1. The van der Waals surface area contributed by atoms with Crippen LogP contribution in [0, 0.1) is 11.8 Å². The maximum Gasteiger partial charge on any atom is 0.180 e. The van der Waals surface area contributed by atoms with Gasteiger partial charge in [0.25, 0.3) is 0 Å². The van der Waals surface area contributed by atoms with E-state index in [1.165, 1.54) is 12.8 Å². The summed E-state index contributed by atoms with van der Waals surface area (Å²) >= 11 is 0. The van der Waals surface area contributed by atoms with E-state index < -0.39 is 0 Å². The summed E-state index contributed by atoms with van der Waals surface area (Å²) in [7, 11) is 0. The molecule has 2 N–H and O–H groups in total. The van der Waals surface area contributed by atoms with Crippen molar-refractivity contribution in [3.05, 3.63) is 67.1 Å². The summed E-state index contributed by atoms with van der Waals surface area (Å²) in [5, 5.41) is 0. The molecule has 0 saturated carbocycles. The lowest BCUT2D eigenvalue weighted by Gasteiger charge is -2.36. The lowest BCUT2D eigenvalue weighted by molar-refractivity contribution is 0.312. The Hall–Kier alpha value is -3.49. The van der Waals surface area contributed by atoms with Crippen LogP contribution < -0.4 is 20.5 Å². The summed E-state index contributed by atoms with van der Waals surface area (Å²) in [6.45, 7) is 4.15. The number of benzene rings is 1. The standard InChI is InChI=1S/C25H27N7O/c1-2-6-20(7-3-1)33-21-8-9-23-27-15-22(32(23)17-21)25-26-11-10-24(30-25)31-12-4-5-18(16-31)19-13-28-29-14-19/h1-3,6-11,15,17-19,28-29H,4-5,12-14,16H2. The fraction of sp³-hybridized carbons (Fsp3) is 0.320. The second-order valence-corrected chi connectivity index (χ2v) is 8.76. The SMILES string of the molecule is c1ccc(Oc2ccc3ncc(-c4nccc(N5CCCC(C6CNNC6)C5)n4)n3c2)cc1. The van der Waals surface area contributed by atoms with E-state index in [9.17, 15) is 0 Å². The zero-order chi connectivity index (χ0) is 22.0. The van der Waals surface area contributed by atoms with Crippen LogP contribution in [-0.4, -0.2) is 45.5 Å². The molecule has 0 amide bonds. The van der Waals surface area contributed by atoms with Crippen LogP contribution >= 0.6 is 0 Å². The van der Waals surface area contributed by atoms with Gasteiger partial charge in [0.1, 0.15) is 28.7 Å². The summed E-state index contributed by atoms with van der Waals surface area (Å²) < 4.78 is 8.01. The van der Waals surface area contributed by atoms with Crippen LogP contribution in [0.25, 0.3) is 17.2 Å². The molecule has 1 atom stereocenters. The van der Waals surface area contributed by atoms with Crippen LogP contribution in [0.2, 0.25) is 0 Å². The van der Waals surface area contributed by atoms with Crippen molar-refractivity contribution in [1.29, 1.82) is 0 Å². The minimum Gasteiger partial charge on any atom is -0.456 e. The van der Waals surface area contributed by atoms with E-state index in [-0.39, 0.29) is 0 Å². The molecule has 33 heavy (non-hydrogen) atoms. The molecule has 6 rings (SSSR count). The quantitative estimate of drug-likeness (QED) is 0.491. The number of hydrazine groups is 1. The lowest BCUT2D eigenvalue weighted by atomic mass is 9.86. The van der Waals surface area contributed by atoms with Gasteiger partial charge in [-0.15, -0.1) is 0 Å². The second-order valence-electron chi connectivity index (χ2n) is 8.76. The summed E-state index contributed by atoms with van der Waals surface area (Å²) in [5.74, 6) is 4.54. The van der Waals surface area contributed by atoms with Crippen molar-refractivity contribution in [1.82, 2.24) is 30.2 Å². The molecule has 0 bridgehead atoms. The highest BCUT2D eigenvalue weighted by Gasteiger charge is 2.30. The molecule has 2 fully saturated rings. The fourth-order valence-electron chi connectivity index (χ4n) is 4.88. The maximum atomic E-state index is 6.02. The van der Waals surface area contributed by atoms with Crippen molar-refractivity contribution in [2.45, 2.75) is 12.8 Å². The van der Waals surface area contributed by atoms with E-state index in [0.29, 0.717) is 17.7 Å². The van der Waals surface area contributed by atoms with Gasteiger partial charge in [0, 0.05) is 32.4 Å². The number of ether oxygens (including phenoxy) is 1. The molecule has 1 aromatic carbocycles. The van der Waals surface area contributed by atoms with Crippen LogP contribution in [0.5, 0.6) is 11.5 Å². The molecule has 8 heteroatoms. The molecule has 3 aromatic heterocycles. The number of nitrogens with one attached hydrogen (secondary N) is 2. The van der Waals surface area contributed by atoms with E-state index in [0.717, 1.165) is 54.8 Å². The molecule has 168 valence electrons. The Morgan fingerprint density at radius 1 is 0.909 bits per heavy atom. The highest BCUT2D eigenvalue weighted by atomic mass is 16.5. The van der Waals surface area contributed by atoms with Gasteiger partial charge in [0.05, 0.1) is 12.4 Å². The van der Waals surface area contributed by atoms with Crippen LogP contribution in [0.3, 0.4) is 0 Å². The van der Waals surface area contributed by atoms with Gasteiger partial charge in [-0.2, -0.15) is 0 Å². The van der Waals surface area contributed by atoms with E-state index in [1.54, 1.807) is 0 Å². The summed E-state index contributed by atoms with van der Waals surface area (Å²) in [6, 6.07) is 15.7. The van der Waals surface area contributed by atoms with Crippen molar-refractivity contribution >= 4 is 11.5 Å². The average Bonchev–Trinajstić information content (AvgIpc) is 3.55. The predicted octanol–water partition coefficient (Wildman–Crippen LogP) is 3.52. The fourth-order valence-corrected chi connectivity index (χ4v) is 4.88. The van der Waals surface area contributed by atoms with E-state index in [1.807, 2.05) is 71.5 Å². The second kappa shape index (κ2) is 8.80. The molecule has 4 aromatic rings. The van der Waals surface area contributed by atoms with Gasteiger partial charge < -0.3 is 9.64 Å². The average molecular weight is 442 g/mol. The number of hydrogen-bond donors (Lipinski definition) is 2. The van der Waals surface area contributed by atoms with E-state index >= 15 is 0 Å². The number of fused-ring (bicyclic) bond motifs is 1. The normalized spacial score (nSPS) is 19.3. The molecule has 2 saturated heterocycles. The Kier molecular flexibility index (Phi) is 5.37. The molecule has 0 radical (unpaired) electrons. The topological polar surface area (TPSA) is 79.6 Å². The first-order valence-electron chi connectivity index (χ1n) is 11.6. The van der Waals surface area contributed by atoms with Crippen LogP contribution in [0.4, 0.5) is 5.82 Å². The number of hydrogen-bond acceptors (Lipinski definition) is 7. The first-order chi connectivity index (χ1) is 16.3. The molecular weight excluding hydrogens is 414 g/mol. The van der Waals surface area contributed by atoms with Crippen LogP contribution in [0.15, 0.2) is 67.1 Å². The monoisotopic (exact) mass is 441 g/mol. The third-order valence-electron chi connectivity index (χ3n) is 6.63. The highest BCUT2D eigenvalue weighted by Crippen LogP contribution is 2.29. The lowest BCUT2D eigenvalue weighted by Crippen LogP contribution is -2.40. The van der Waals surface area contributed by atoms with Gasteiger partial charge in [0.2, 0.25) is 0 Å². The summed E-state index contributed by atoms with van der Waals surface area (Å²) in [6.07, 6.45) is 8.09. The van der Waals surface area contributed by atoms with Crippen molar-refractivity contribution in [3.8, 4) is 23.0 Å². The molecular formula is C25H27N7O. The number of nitrogens with zero attached hydrogens (tertiary/aromatic N) is 5. The molecule has 1 unspecified atom stereocenters. The molecule has 0 spiro atoms. The zero-order valence-corrected chi connectivity index (χ0v) is 18.4. The molecule has 2 aliphatic heterocycles. The minimum absolute atomic E-state index is 0.670. The van der Waals surface area contributed by atoms with Gasteiger partial charge in [-0.25, -0.2) is 15.0 Å². The number of rotatable bonds is 5. The van der Waals surface area contributed by atoms with Gasteiger partial charge in [-0.1, -0.05) is 18.2 Å². The van der Waals surface area contributed by atoms with Gasteiger partial charge >= 0.3 is 0 Å². The number of aromatic nitrogens is 4. The van der Waals surface area contributed by atoms with Gasteiger partial charge in [0.15, 0.2) is 5.82 Å². The van der Waals surface area contributed by atoms with Crippen LogP contribution in [-0.2, 0) is 0 Å². The van der Waals surface area contributed by atoms with E-state index in [2.05, 4.69) is 25.7 Å². The largest absolute Gasteiger partial charge is 0.456 e. The van der Waals surface area contributed by atoms with Crippen molar-refractivity contribution in [2.24, 2.45) is 11.8 Å². The minimum atomic E-state index is 0.670. The third kappa shape index (κ3) is 4.15. The third-order valence-corrected chi connectivity index (χ3v) is 6.63. The Labute approximate surface area is 192 Å². The smallest absolute Gasteiger partial charge is 0.180 e. The number of anilines is 1. The summed E-state index contributed by atoms with van der Waals surface area (Å²) in [5.41, 5.74) is 8.23. The van der Waals surface area contributed by atoms with Crippen molar-refractivity contribution in [3.63, 3.8) is 0 Å².